The van der Waals surface area contributed by atoms with Crippen LogP contribution in [0, 0.1) is 11.3 Å². The molecule has 0 aliphatic carbocycles. The van der Waals surface area contributed by atoms with Crippen LogP contribution in [0.5, 0.6) is 0 Å². The fraction of sp³-hybridized carbons (Fsp3) is 0.300. The van der Waals surface area contributed by atoms with Gasteiger partial charge in [0.05, 0.1) is 16.5 Å². The van der Waals surface area contributed by atoms with Crippen molar-refractivity contribution in [2.45, 2.75) is 11.3 Å². The topological polar surface area (TPSA) is 70.0 Å². The molecule has 0 heterocycles. The van der Waals surface area contributed by atoms with E-state index >= 15 is 0 Å². The molecule has 16 heavy (non-hydrogen) atoms. The van der Waals surface area contributed by atoms with Crippen molar-refractivity contribution in [1.82, 2.24) is 4.72 Å². The Hall–Kier alpha value is -1.09. The summed E-state index contributed by atoms with van der Waals surface area (Å²) in [5, 5.41) is 8.57. The van der Waals surface area contributed by atoms with E-state index in [1.165, 1.54) is 24.3 Å². The predicted molar refractivity (Wildman–Crippen MR) is 61.7 cm³/mol. The number of halogens is 1. The Bertz CT molecular complexity index is 477. The summed E-state index contributed by atoms with van der Waals surface area (Å²) in [4.78, 5) is 0.154. The first-order chi connectivity index (χ1) is 7.60. The van der Waals surface area contributed by atoms with Crippen molar-refractivity contribution in [1.29, 1.82) is 5.26 Å². The SMILES string of the molecule is N#Cc1ccc(S(=O)(=O)NCCCCl)cc1. The van der Waals surface area contributed by atoms with E-state index in [0.29, 0.717) is 24.4 Å². The van der Waals surface area contributed by atoms with Crippen LogP contribution >= 0.6 is 11.6 Å². The van der Waals surface area contributed by atoms with Crippen LogP contribution in [-0.2, 0) is 10.0 Å². The summed E-state index contributed by atoms with van der Waals surface area (Å²) < 4.78 is 25.8. The zero-order chi connectivity index (χ0) is 12.0. The molecule has 86 valence electrons. The van der Waals surface area contributed by atoms with Crippen LogP contribution in [0.4, 0.5) is 0 Å². The van der Waals surface area contributed by atoms with E-state index in [9.17, 15) is 8.42 Å². The van der Waals surface area contributed by atoms with Crippen molar-refractivity contribution in [2.75, 3.05) is 12.4 Å². The van der Waals surface area contributed by atoms with E-state index in [1.54, 1.807) is 0 Å². The van der Waals surface area contributed by atoms with E-state index in [-0.39, 0.29) is 4.90 Å². The summed E-state index contributed by atoms with van der Waals surface area (Å²) >= 11 is 5.45. The molecule has 0 aliphatic rings. The molecule has 1 rings (SSSR count). The first kappa shape index (κ1) is 13.0. The normalized spacial score (nSPS) is 11.0. The Morgan fingerprint density at radius 2 is 1.94 bits per heavy atom. The Kier molecular flexibility index (Phi) is 4.74. The molecule has 0 radical (unpaired) electrons. The average molecular weight is 259 g/mol. The van der Waals surface area contributed by atoms with E-state index in [4.69, 9.17) is 16.9 Å². The molecule has 4 nitrogen and oxygen atoms in total. The monoisotopic (exact) mass is 258 g/mol. The quantitative estimate of drug-likeness (QED) is 0.642. The number of benzene rings is 1. The Labute approximate surface area is 99.9 Å². The first-order valence-corrected chi connectivity index (χ1v) is 6.68. The van der Waals surface area contributed by atoms with Gasteiger partial charge in [0.2, 0.25) is 10.0 Å². The van der Waals surface area contributed by atoms with Gasteiger partial charge in [-0.25, -0.2) is 13.1 Å². The molecule has 0 bridgehead atoms. The van der Waals surface area contributed by atoms with Crippen molar-refractivity contribution < 1.29 is 8.42 Å². The molecule has 0 saturated heterocycles. The zero-order valence-corrected chi connectivity index (χ0v) is 10.1. The highest BCUT2D eigenvalue weighted by Gasteiger charge is 2.12. The number of hydrogen-bond donors (Lipinski definition) is 1. The van der Waals surface area contributed by atoms with E-state index in [0.717, 1.165) is 0 Å². The minimum absolute atomic E-state index is 0.154. The molecule has 0 spiro atoms. The molecular weight excluding hydrogens is 248 g/mol. The minimum Gasteiger partial charge on any atom is -0.211 e. The second kappa shape index (κ2) is 5.85. The van der Waals surface area contributed by atoms with Crippen molar-refractivity contribution in [3.05, 3.63) is 29.8 Å². The highest BCUT2D eigenvalue weighted by molar-refractivity contribution is 7.89. The van der Waals surface area contributed by atoms with Gasteiger partial charge in [0, 0.05) is 12.4 Å². The van der Waals surface area contributed by atoms with Crippen molar-refractivity contribution >= 4 is 21.6 Å². The van der Waals surface area contributed by atoms with Gasteiger partial charge in [-0.3, -0.25) is 0 Å². The summed E-state index contributed by atoms with van der Waals surface area (Å²) in [5.41, 5.74) is 0.430. The summed E-state index contributed by atoms with van der Waals surface area (Å²) in [7, 11) is -3.48. The van der Waals surface area contributed by atoms with Crippen molar-refractivity contribution in [3.8, 4) is 6.07 Å². The van der Waals surface area contributed by atoms with Gasteiger partial charge in [-0.15, -0.1) is 11.6 Å². The van der Waals surface area contributed by atoms with Gasteiger partial charge in [0.1, 0.15) is 0 Å². The molecule has 0 atom stereocenters. The highest BCUT2D eigenvalue weighted by Crippen LogP contribution is 2.09. The lowest BCUT2D eigenvalue weighted by Crippen LogP contribution is -2.24. The third kappa shape index (κ3) is 3.49. The highest BCUT2D eigenvalue weighted by atomic mass is 35.5. The van der Waals surface area contributed by atoms with E-state index in [2.05, 4.69) is 4.72 Å². The largest absolute Gasteiger partial charge is 0.240 e. The molecule has 6 heteroatoms. The Balaban J connectivity index is 2.79. The lowest BCUT2D eigenvalue weighted by molar-refractivity contribution is 0.581. The molecule has 0 amide bonds. The van der Waals surface area contributed by atoms with Gasteiger partial charge >= 0.3 is 0 Å². The lowest BCUT2D eigenvalue weighted by Gasteiger charge is -2.05. The minimum atomic E-state index is -3.48. The smallest absolute Gasteiger partial charge is 0.211 e. The van der Waals surface area contributed by atoms with Gasteiger partial charge in [-0.2, -0.15) is 5.26 Å². The summed E-state index contributed by atoms with van der Waals surface area (Å²) in [6, 6.07) is 7.67. The number of rotatable bonds is 5. The number of nitriles is 1. The standard InChI is InChI=1S/C10H11ClN2O2S/c11-6-1-7-13-16(14,15)10-4-2-9(8-12)3-5-10/h2-5,13H,1,6-7H2. The van der Waals surface area contributed by atoms with E-state index in [1.807, 2.05) is 6.07 Å². The van der Waals surface area contributed by atoms with Gasteiger partial charge < -0.3 is 0 Å². The van der Waals surface area contributed by atoms with Crippen molar-refractivity contribution in [2.24, 2.45) is 0 Å². The zero-order valence-electron chi connectivity index (χ0n) is 8.48. The molecule has 0 unspecified atom stereocenters. The maximum Gasteiger partial charge on any atom is 0.240 e. The number of alkyl halides is 1. The molecule has 0 saturated carbocycles. The van der Waals surface area contributed by atoms with Gasteiger partial charge in [0.15, 0.2) is 0 Å². The summed E-state index contributed by atoms with van der Waals surface area (Å²) in [6.45, 7) is 0.311. The predicted octanol–water partition coefficient (Wildman–Crippen LogP) is 1.47. The number of sulfonamides is 1. The van der Waals surface area contributed by atoms with Crippen LogP contribution in [0.25, 0.3) is 0 Å². The number of hydrogen-bond acceptors (Lipinski definition) is 3. The Morgan fingerprint density at radius 3 is 2.44 bits per heavy atom. The van der Waals surface area contributed by atoms with Crippen LogP contribution in [-0.4, -0.2) is 20.8 Å². The average Bonchev–Trinajstić information content (AvgIpc) is 2.29. The van der Waals surface area contributed by atoms with Crippen LogP contribution in [0.2, 0.25) is 0 Å². The molecule has 1 aromatic carbocycles. The fourth-order valence-electron chi connectivity index (χ4n) is 1.07. The second-order valence-electron chi connectivity index (χ2n) is 3.08. The Morgan fingerprint density at radius 1 is 1.31 bits per heavy atom. The molecule has 1 aromatic rings. The maximum atomic E-state index is 11.7. The molecule has 0 aromatic heterocycles. The van der Waals surface area contributed by atoms with E-state index < -0.39 is 10.0 Å². The van der Waals surface area contributed by atoms with Crippen LogP contribution in [0.3, 0.4) is 0 Å². The summed E-state index contributed by atoms with van der Waals surface area (Å²) in [6.07, 6.45) is 0.580. The molecule has 0 fully saturated rings. The third-order valence-electron chi connectivity index (χ3n) is 1.90. The number of nitrogens with one attached hydrogen (secondary N) is 1. The first-order valence-electron chi connectivity index (χ1n) is 4.66. The van der Waals surface area contributed by atoms with Crippen LogP contribution in [0.1, 0.15) is 12.0 Å². The van der Waals surface area contributed by atoms with Crippen molar-refractivity contribution in [3.63, 3.8) is 0 Å². The molecule has 0 aliphatic heterocycles. The van der Waals surface area contributed by atoms with Crippen LogP contribution < -0.4 is 4.72 Å². The molecular formula is C10H11ClN2O2S. The van der Waals surface area contributed by atoms with Crippen LogP contribution in [0.15, 0.2) is 29.2 Å². The lowest BCUT2D eigenvalue weighted by atomic mass is 10.2. The second-order valence-corrected chi connectivity index (χ2v) is 5.22. The summed E-state index contributed by atoms with van der Waals surface area (Å²) in [5.74, 6) is 0.413. The number of nitrogens with zero attached hydrogens (tertiary/aromatic N) is 1. The van der Waals surface area contributed by atoms with Gasteiger partial charge in [-0.1, -0.05) is 0 Å². The fourth-order valence-corrected chi connectivity index (χ4v) is 2.27. The molecule has 1 N–H and O–H groups in total. The van der Waals surface area contributed by atoms with Gasteiger partial charge in [-0.05, 0) is 30.7 Å². The third-order valence-corrected chi connectivity index (χ3v) is 3.64. The van der Waals surface area contributed by atoms with Gasteiger partial charge in [0.25, 0.3) is 0 Å². The maximum absolute atomic E-state index is 11.7.